The van der Waals surface area contributed by atoms with E-state index in [1.165, 1.54) is 5.56 Å². The van der Waals surface area contributed by atoms with E-state index in [-0.39, 0.29) is 5.91 Å². The minimum atomic E-state index is 0.00649. The molecule has 1 amide bonds. The van der Waals surface area contributed by atoms with Crippen molar-refractivity contribution in [3.05, 3.63) is 46.8 Å². The van der Waals surface area contributed by atoms with Gasteiger partial charge in [0.2, 0.25) is 5.91 Å². The Bertz CT molecular complexity index is 903. The molecule has 1 fully saturated rings. The van der Waals surface area contributed by atoms with Crippen molar-refractivity contribution in [3.63, 3.8) is 0 Å². The van der Waals surface area contributed by atoms with E-state index < -0.39 is 0 Å². The lowest BCUT2D eigenvalue weighted by atomic mass is 10.1. The van der Waals surface area contributed by atoms with E-state index in [0.29, 0.717) is 25.8 Å². The highest BCUT2D eigenvalue weighted by Crippen LogP contribution is 2.17. The Balaban J connectivity index is 1.47. The van der Waals surface area contributed by atoms with Crippen LogP contribution in [0.25, 0.3) is 0 Å². The Morgan fingerprint density at radius 1 is 1.13 bits per heavy atom. The fraction of sp³-hybridized carbons (Fsp3) is 0.542. The Morgan fingerprint density at radius 3 is 2.45 bits per heavy atom. The molecule has 2 aromatic rings. The van der Waals surface area contributed by atoms with Gasteiger partial charge in [-0.3, -0.25) is 14.4 Å². The molecule has 0 spiro atoms. The van der Waals surface area contributed by atoms with Crippen LogP contribution in [0.1, 0.15) is 42.3 Å². The topological polar surface area (TPSA) is 77.2 Å². The average molecular weight is 423 g/mol. The van der Waals surface area contributed by atoms with Crippen LogP contribution in [0.4, 0.5) is 5.69 Å². The molecule has 0 atom stereocenters. The molecule has 0 radical (unpaired) electrons. The zero-order valence-corrected chi connectivity index (χ0v) is 19.0. The van der Waals surface area contributed by atoms with Crippen LogP contribution in [0, 0.1) is 25.2 Å². The molecule has 1 saturated heterocycles. The second-order valence-electron chi connectivity index (χ2n) is 8.24. The number of aromatic nitrogens is 2. The van der Waals surface area contributed by atoms with Crippen molar-refractivity contribution in [2.24, 2.45) is 0 Å². The number of benzene rings is 1. The zero-order valence-electron chi connectivity index (χ0n) is 19.0. The van der Waals surface area contributed by atoms with Crippen LogP contribution >= 0.6 is 0 Å². The first kappa shape index (κ1) is 23.0. The molecule has 7 nitrogen and oxygen atoms in total. The van der Waals surface area contributed by atoms with Crippen LogP contribution in [0.15, 0.2) is 24.3 Å². The van der Waals surface area contributed by atoms with E-state index >= 15 is 0 Å². The number of carbonyl (C=O) groups is 1. The summed E-state index contributed by atoms with van der Waals surface area (Å²) in [5.74, 6) is 0.00649. The molecular formula is C24H34N6O. The molecule has 31 heavy (non-hydrogen) atoms. The highest BCUT2D eigenvalue weighted by Gasteiger charge is 2.16. The Labute approximate surface area is 185 Å². The zero-order chi connectivity index (χ0) is 22.2. The van der Waals surface area contributed by atoms with Gasteiger partial charge >= 0.3 is 0 Å². The van der Waals surface area contributed by atoms with Gasteiger partial charge in [0.1, 0.15) is 0 Å². The number of nitrogens with one attached hydrogen (secondary N) is 1. The minimum absolute atomic E-state index is 0.00649. The number of rotatable bonds is 9. The number of anilines is 1. The molecule has 3 rings (SSSR count). The third-order valence-electron chi connectivity index (χ3n) is 6.12. The molecule has 0 unspecified atom stereocenters. The van der Waals surface area contributed by atoms with Crippen LogP contribution in [-0.4, -0.2) is 58.2 Å². The lowest BCUT2D eigenvalue weighted by molar-refractivity contribution is -0.116. The van der Waals surface area contributed by atoms with Gasteiger partial charge < -0.3 is 10.2 Å². The summed E-state index contributed by atoms with van der Waals surface area (Å²) in [5, 5.41) is 16.3. The lowest BCUT2D eigenvalue weighted by Crippen LogP contribution is -2.45. The Hall–Kier alpha value is -2.69. The average Bonchev–Trinajstić information content (AvgIpc) is 3.05. The van der Waals surface area contributed by atoms with Crippen molar-refractivity contribution in [1.82, 2.24) is 19.6 Å². The standard InChI is InChI=1S/C24H34N6O/c1-4-28-14-16-29(17-15-28)18-21-6-8-22(9-7-21)26-24(31)11-10-23-19(2)27-30(20(23)3)13-5-12-25/h6-9H,4-5,10-11,13-18H2,1-3H3,(H,26,31). The molecule has 0 aliphatic carbocycles. The summed E-state index contributed by atoms with van der Waals surface area (Å²) < 4.78 is 1.87. The van der Waals surface area contributed by atoms with Gasteiger partial charge in [0.25, 0.3) is 0 Å². The van der Waals surface area contributed by atoms with Crippen LogP contribution in [-0.2, 0) is 24.3 Å². The fourth-order valence-corrected chi connectivity index (χ4v) is 4.15. The van der Waals surface area contributed by atoms with Crippen LogP contribution in [0.5, 0.6) is 0 Å². The number of likely N-dealkylation sites (N-methyl/N-ethyl adjacent to an activating group) is 1. The van der Waals surface area contributed by atoms with Gasteiger partial charge in [0.15, 0.2) is 0 Å². The summed E-state index contributed by atoms with van der Waals surface area (Å²) in [5.41, 5.74) is 5.20. The van der Waals surface area contributed by atoms with Crippen LogP contribution in [0.3, 0.4) is 0 Å². The minimum Gasteiger partial charge on any atom is -0.326 e. The van der Waals surface area contributed by atoms with Crippen LogP contribution < -0.4 is 5.32 Å². The number of aryl methyl sites for hydroxylation is 2. The molecule has 2 heterocycles. The second-order valence-corrected chi connectivity index (χ2v) is 8.24. The van der Waals surface area contributed by atoms with Crippen molar-refractivity contribution in [1.29, 1.82) is 5.26 Å². The third-order valence-corrected chi connectivity index (χ3v) is 6.12. The van der Waals surface area contributed by atoms with Crippen molar-refractivity contribution in [3.8, 4) is 6.07 Å². The van der Waals surface area contributed by atoms with E-state index in [0.717, 1.165) is 61.9 Å². The summed E-state index contributed by atoms with van der Waals surface area (Å²) in [6.07, 6.45) is 1.50. The normalized spacial score (nSPS) is 15.0. The van der Waals surface area contributed by atoms with Gasteiger partial charge in [-0.25, -0.2) is 0 Å². The van der Waals surface area contributed by atoms with Gasteiger partial charge in [-0.2, -0.15) is 10.4 Å². The predicted molar refractivity (Wildman–Crippen MR) is 123 cm³/mol. The van der Waals surface area contributed by atoms with Gasteiger partial charge in [0.05, 0.1) is 24.7 Å². The number of nitrogens with zero attached hydrogens (tertiary/aromatic N) is 5. The summed E-state index contributed by atoms with van der Waals surface area (Å²) >= 11 is 0. The maximum Gasteiger partial charge on any atom is 0.224 e. The van der Waals surface area contributed by atoms with Gasteiger partial charge in [-0.1, -0.05) is 19.1 Å². The maximum atomic E-state index is 12.5. The predicted octanol–water partition coefficient (Wildman–Crippen LogP) is 3.12. The number of hydrogen-bond donors (Lipinski definition) is 1. The summed E-state index contributed by atoms with van der Waals surface area (Å²) in [6, 6.07) is 10.3. The first-order chi connectivity index (χ1) is 15.0. The molecule has 1 aliphatic rings. The van der Waals surface area contributed by atoms with Gasteiger partial charge in [-0.05, 0) is 50.1 Å². The number of amides is 1. The molecule has 166 valence electrons. The number of hydrogen-bond acceptors (Lipinski definition) is 5. The van der Waals surface area contributed by atoms with E-state index in [1.807, 2.05) is 30.7 Å². The highest BCUT2D eigenvalue weighted by atomic mass is 16.1. The lowest BCUT2D eigenvalue weighted by Gasteiger charge is -2.34. The first-order valence-electron chi connectivity index (χ1n) is 11.2. The van der Waals surface area contributed by atoms with E-state index in [9.17, 15) is 4.79 Å². The number of piperazine rings is 1. The quantitative estimate of drug-likeness (QED) is 0.672. The molecular weight excluding hydrogens is 388 g/mol. The fourth-order valence-electron chi connectivity index (χ4n) is 4.15. The monoisotopic (exact) mass is 422 g/mol. The maximum absolute atomic E-state index is 12.5. The molecule has 1 aromatic heterocycles. The largest absolute Gasteiger partial charge is 0.326 e. The van der Waals surface area contributed by atoms with E-state index in [4.69, 9.17) is 5.26 Å². The number of nitriles is 1. The summed E-state index contributed by atoms with van der Waals surface area (Å²) in [4.78, 5) is 17.4. The first-order valence-corrected chi connectivity index (χ1v) is 11.2. The molecule has 0 saturated carbocycles. The highest BCUT2D eigenvalue weighted by molar-refractivity contribution is 5.90. The SMILES string of the molecule is CCN1CCN(Cc2ccc(NC(=O)CCc3c(C)nn(CCC#N)c3C)cc2)CC1. The Kier molecular flexibility index (Phi) is 8.21. The van der Waals surface area contributed by atoms with Crippen molar-refractivity contribution in [2.45, 2.75) is 53.1 Å². The summed E-state index contributed by atoms with van der Waals surface area (Å²) in [6.45, 7) is 13.4. The smallest absolute Gasteiger partial charge is 0.224 e. The van der Waals surface area contributed by atoms with Crippen LogP contribution in [0.2, 0.25) is 0 Å². The molecule has 1 aliphatic heterocycles. The molecule has 1 N–H and O–H groups in total. The van der Waals surface area contributed by atoms with Gasteiger partial charge in [-0.15, -0.1) is 0 Å². The number of carbonyl (C=O) groups excluding carboxylic acids is 1. The summed E-state index contributed by atoms with van der Waals surface area (Å²) in [7, 11) is 0. The second kappa shape index (κ2) is 11.1. The van der Waals surface area contributed by atoms with Crippen molar-refractivity contribution in [2.75, 3.05) is 38.0 Å². The van der Waals surface area contributed by atoms with Crippen molar-refractivity contribution >= 4 is 11.6 Å². The molecule has 1 aromatic carbocycles. The van der Waals surface area contributed by atoms with E-state index in [1.54, 1.807) is 0 Å². The third kappa shape index (κ3) is 6.39. The molecule has 0 bridgehead atoms. The van der Waals surface area contributed by atoms with Crippen molar-refractivity contribution < 1.29 is 4.79 Å². The Morgan fingerprint density at radius 2 is 1.81 bits per heavy atom. The van der Waals surface area contributed by atoms with Gasteiger partial charge in [0, 0.05) is 50.5 Å². The molecule has 7 heteroatoms. The van der Waals surface area contributed by atoms with E-state index in [2.05, 4.69) is 45.3 Å².